The van der Waals surface area contributed by atoms with Gasteiger partial charge in [0.15, 0.2) is 0 Å². The summed E-state index contributed by atoms with van der Waals surface area (Å²) in [6.07, 6.45) is 0.675. The summed E-state index contributed by atoms with van der Waals surface area (Å²) < 4.78 is 5.30. The van der Waals surface area contributed by atoms with Crippen LogP contribution in [0.4, 0.5) is 4.79 Å². The quantitative estimate of drug-likeness (QED) is 0.734. The van der Waals surface area contributed by atoms with Gasteiger partial charge in [-0.2, -0.15) is 0 Å². The van der Waals surface area contributed by atoms with Crippen molar-refractivity contribution in [2.75, 3.05) is 0 Å². The Morgan fingerprint density at radius 3 is 2.58 bits per heavy atom. The van der Waals surface area contributed by atoms with E-state index in [4.69, 9.17) is 9.52 Å². The number of carbonyl (C=O) groups is 2. The molecule has 106 valence electrons. The molecule has 0 fully saturated rings. The first-order valence-corrected chi connectivity index (χ1v) is 6.26. The van der Waals surface area contributed by atoms with Gasteiger partial charge in [-0.1, -0.05) is 20.3 Å². The zero-order chi connectivity index (χ0) is 14.4. The van der Waals surface area contributed by atoms with Gasteiger partial charge in [0.1, 0.15) is 17.6 Å². The zero-order valence-corrected chi connectivity index (χ0v) is 11.4. The summed E-state index contributed by atoms with van der Waals surface area (Å²) in [6.45, 7) is 5.71. The lowest BCUT2D eigenvalue weighted by molar-refractivity contribution is -0.140. The second-order valence-electron chi connectivity index (χ2n) is 4.54. The number of amides is 2. The normalized spacial score (nSPS) is 13.6. The van der Waals surface area contributed by atoms with E-state index in [2.05, 4.69) is 10.6 Å². The summed E-state index contributed by atoms with van der Waals surface area (Å²) >= 11 is 0. The lowest BCUT2D eigenvalue weighted by Crippen LogP contribution is -2.48. The van der Waals surface area contributed by atoms with Crippen LogP contribution < -0.4 is 10.6 Å². The van der Waals surface area contributed by atoms with E-state index in [-0.39, 0.29) is 12.5 Å². The van der Waals surface area contributed by atoms with Gasteiger partial charge in [0.05, 0.1) is 6.54 Å². The van der Waals surface area contributed by atoms with Crippen molar-refractivity contribution in [1.82, 2.24) is 10.6 Å². The fourth-order valence-electron chi connectivity index (χ4n) is 1.62. The van der Waals surface area contributed by atoms with Crippen LogP contribution in [0, 0.1) is 12.8 Å². The molecule has 1 rings (SSSR count). The Morgan fingerprint density at radius 2 is 2.11 bits per heavy atom. The number of nitrogens with one attached hydrogen (secondary N) is 2. The maximum absolute atomic E-state index is 11.6. The van der Waals surface area contributed by atoms with Crippen molar-refractivity contribution < 1.29 is 19.1 Å². The van der Waals surface area contributed by atoms with Crippen LogP contribution >= 0.6 is 0 Å². The second kappa shape index (κ2) is 6.82. The summed E-state index contributed by atoms with van der Waals surface area (Å²) in [7, 11) is 0. The molecule has 1 aromatic rings. The van der Waals surface area contributed by atoms with Gasteiger partial charge in [-0.15, -0.1) is 0 Å². The zero-order valence-electron chi connectivity index (χ0n) is 11.4. The highest BCUT2D eigenvalue weighted by Gasteiger charge is 2.25. The minimum Gasteiger partial charge on any atom is -0.480 e. The van der Waals surface area contributed by atoms with Gasteiger partial charge in [0.2, 0.25) is 0 Å². The number of aryl methyl sites for hydroxylation is 1. The molecule has 0 bridgehead atoms. The van der Waals surface area contributed by atoms with Crippen LogP contribution in [0.3, 0.4) is 0 Å². The number of hydrogen-bond acceptors (Lipinski definition) is 3. The topological polar surface area (TPSA) is 91.6 Å². The predicted octanol–water partition coefficient (Wildman–Crippen LogP) is 1.89. The van der Waals surface area contributed by atoms with Crippen molar-refractivity contribution in [2.24, 2.45) is 5.92 Å². The van der Waals surface area contributed by atoms with Crippen LogP contribution in [0.5, 0.6) is 0 Å². The third-order valence-corrected chi connectivity index (χ3v) is 2.98. The summed E-state index contributed by atoms with van der Waals surface area (Å²) in [6, 6.07) is 2.16. The SMILES string of the molecule is CC[C@H](C)[C@H](NC(=O)NCc1ccc(C)o1)C(=O)O. The first-order valence-electron chi connectivity index (χ1n) is 6.26. The van der Waals surface area contributed by atoms with E-state index in [0.29, 0.717) is 12.2 Å². The van der Waals surface area contributed by atoms with E-state index < -0.39 is 18.0 Å². The number of urea groups is 1. The Bertz CT molecular complexity index is 442. The van der Waals surface area contributed by atoms with Gasteiger partial charge < -0.3 is 20.2 Å². The van der Waals surface area contributed by atoms with Gasteiger partial charge in [-0.3, -0.25) is 0 Å². The highest BCUT2D eigenvalue weighted by Crippen LogP contribution is 2.08. The summed E-state index contributed by atoms with van der Waals surface area (Å²) in [5.74, 6) is 0.232. The molecular weight excluding hydrogens is 248 g/mol. The van der Waals surface area contributed by atoms with E-state index in [0.717, 1.165) is 5.76 Å². The van der Waals surface area contributed by atoms with Crippen LogP contribution in [0.2, 0.25) is 0 Å². The number of furan rings is 1. The molecule has 1 aromatic heterocycles. The van der Waals surface area contributed by atoms with Crippen molar-refractivity contribution in [3.05, 3.63) is 23.7 Å². The monoisotopic (exact) mass is 268 g/mol. The van der Waals surface area contributed by atoms with Gasteiger partial charge in [0.25, 0.3) is 0 Å². The third-order valence-electron chi connectivity index (χ3n) is 2.98. The molecule has 0 aliphatic carbocycles. The van der Waals surface area contributed by atoms with Crippen LogP contribution in [0.1, 0.15) is 31.8 Å². The van der Waals surface area contributed by atoms with Crippen molar-refractivity contribution in [1.29, 1.82) is 0 Å². The molecule has 0 aliphatic heterocycles. The number of aliphatic carboxylic acids is 1. The van der Waals surface area contributed by atoms with E-state index in [1.165, 1.54) is 0 Å². The molecule has 0 spiro atoms. The Kier molecular flexibility index (Phi) is 5.41. The Morgan fingerprint density at radius 1 is 1.42 bits per heavy atom. The first-order chi connectivity index (χ1) is 8.93. The number of carboxylic acids is 1. The standard InChI is InChI=1S/C13H20N2O4/c1-4-8(2)11(12(16)17)15-13(18)14-7-10-6-5-9(3)19-10/h5-6,8,11H,4,7H2,1-3H3,(H,16,17)(H2,14,15,18)/t8-,11-/m0/s1. The minimum atomic E-state index is -1.03. The van der Waals surface area contributed by atoms with Crippen LogP contribution in [-0.4, -0.2) is 23.1 Å². The maximum Gasteiger partial charge on any atom is 0.326 e. The van der Waals surface area contributed by atoms with Gasteiger partial charge in [-0.05, 0) is 25.0 Å². The lowest BCUT2D eigenvalue weighted by Gasteiger charge is -2.20. The fourth-order valence-corrected chi connectivity index (χ4v) is 1.62. The molecule has 19 heavy (non-hydrogen) atoms. The Hall–Kier alpha value is -1.98. The van der Waals surface area contributed by atoms with E-state index in [1.54, 1.807) is 19.1 Å². The van der Waals surface area contributed by atoms with Crippen LogP contribution in [0.25, 0.3) is 0 Å². The molecule has 6 nitrogen and oxygen atoms in total. The number of carbonyl (C=O) groups excluding carboxylic acids is 1. The fraction of sp³-hybridized carbons (Fsp3) is 0.538. The van der Waals surface area contributed by atoms with Crippen molar-refractivity contribution in [2.45, 2.75) is 39.8 Å². The Balaban J connectivity index is 2.46. The lowest BCUT2D eigenvalue weighted by atomic mass is 9.99. The van der Waals surface area contributed by atoms with Gasteiger partial charge in [0, 0.05) is 0 Å². The van der Waals surface area contributed by atoms with E-state index in [9.17, 15) is 9.59 Å². The molecule has 3 N–H and O–H groups in total. The van der Waals surface area contributed by atoms with Crippen LogP contribution in [0.15, 0.2) is 16.5 Å². The molecule has 6 heteroatoms. The molecule has 0 radical (unpaired) electrons. The molecule has 1 heterocycles. The molecule has 0 saturated heterocycles. The van der Waals surface area contributed by atoms with Crippen molar-refractivity contribution in [3.63, 3.8) is 0 Å². The molecule has 0 aromatic carbocycles. The number of carboxylic acid groups (broad SMARTS) is 1. The maximum atomic E-state index is 11.6. The average Bonchev–Trinajstić information content (AvgIpc) is 2.78. The smallest absolute Gasteiger partial charge is 0.326 e. The van der Waals surface area contributed by atoms with Gasteiger partial charge >= 0.3 is 12.0 Å². The van der Waals surface area contributed by atoms with Crippen LogP contribution in [-0.2, 0) is 11.3 Å². The molecule has 0 unspecified atom stereocenters. The average molecular weight is 268 g/mol. The largest absolute Gasteiger partial charge is 0.480 e. The summed E-state index contributed by atoms with van der Waals surface area (Å²) in [4.78, 5) is 22.7. The summed E-state index contributed by atoms with van der Waals surface area (Å²) in [5, 5.41) is 14.1. The third kappa shape index (κ3) is 4.65. The van der Waals surface area contributed by atoms with Gasteiger partial charge in [-0.25, -0.2) is 9.59 Å². The second-order valence-corrected chi connectivity index (χ2v) is 4.54. The molecule has 2 atom stereocenters. The number of rotatable bonds is 6. The van der Waals surface area contributed by atoms with E-state index >= 15 is 0 Å². The molecule has 0 aliphatic rings. The Labute approximate surface area is 112 Å². The number of hydrogen-bond donors (Lipinski definition) is 3. The highest BCUT2D eigenvalue weighted by atomic mass is 16.4. The minimum absolute atomic E-state index is 0.130. The van der Waals surface area contributed by atoms with E-state index in [1.807, 2.05) is 13.8 Å². The molecule has 2 amide bonds. The summed E-state index contributed by atoms with van der Waals surface area (Å²) in [5.41, 5.74) is 0. The first kappa shape index (κ1) is 15.1. The highest BCUT2D eigenvalue weighted by molar-refractivity contribution is 5.82. The van der Waals surface area contributed by atoms with Crippen molar-refractivity contribution >= 4 is 12.0 Å². The molecule has 0 saturated carbocycles. The molecular formula is C13H20N2O4. The predicted molar refractivity (Wildman–Crippen MR) is 69.7 cm³/mol. The van der Waals surface area contributed by atoms with Crippen molar-refractivity contribution in [3.8, 4) is 0 Å².